The van der Waals surface area contributed by atoms with Crippen molar-refractivity contribution in [2.45, 2.75) is 26.4 Å². The zero-order valence-electron chi connectivity index (χ0n) is 10.8. The first-order valence-electron chi connectivity index (χ1n) is 5.97. The molecule has 1 atom stereocenters. The average molecular weight is 273 g/mol. The lowest BCUT2D eigenvalue weighted by Crippen LogP contribution is -2.29. The molecule has 6 heteroatoms. The fourth-order valence-electron chi connectivity index (χ4n) is 1.54. The summed E-state index contributed by atoms with van der Waals surface area (Å²) in [6.07, 6.45) is -0.264. The van der Waals surface area contributed by atoms with Gasteiger partial charge in [0.2, 0.25) is 0 Å². The molecule has 0 bridgehead atoms. The molecule has 0 aliphatic carbocycles. The average Bonchev–Trinajstić information content (AvgIpc) is 2.26. The second kappa shape index (κ2) is 6.47. The maximum atomic E-state index is 13.4. The minimum atomic E-state index is -1.13. The molecule has 19 heavy (non-hydrogen) atoms. The number of amides is 1. The van der Waals surface area contributed by atoms with E-state index in [1.807, 2.05) is 13.8 Å². The molecule has 1 amide bonds. The Hall–Kier alpha value is -1.69. The zero-order chi connectivity index (χ0) is 14.6. The first kappa shape index (κ1) is 15.4. The van der Waals surface area contributed by atoms with Gasteiger partial charge in [-0.15, -0.1) is 0 Å². The van der Waals surface area contributed by atoms with Gasteiger partial charge in [-0.05, 0) is 12.3 Å². The molecule has 1 rings (SSSR count). The summed E-state index contributed by atoms with van der Waals surface area (Å²) in [4.78, 5) is 11.6. The third-order valence-electron chi connectivity index (χ3n) is 2.76. The van der Waals surface area contributed by atoms with Crippen molar-refractivity contribution < 1.29 is 23.8 Å². The Kier molecular flexibility index (Phi) is 5.23. The number of aliphatic hydroxyl groups is 1. The Morgan fingerprint density at radius 3 is 2.53 bits per heavy atom. The van der Waals surface area contributed by atoms with Crippen LogP contribution in [0, 0.1) is 17.6 Å². The lowest BCUT2D eigenvalue weighted by atomic mass is 10.0. The van der Waals surface area contributed by atoms with Crippen molar-refractivity contribution in [1.29, 1.82) is 0 Å². The molecule has 1 unspecified atom stereocenters. The van der Waals surface area contributed by atoms with Gasteiger partial charge in [-0.3, -0.25) is 4.79 Å². The van der Waals surface area contributed by atoms with Crippen LogP contribution in [0.4, 0.5) is 8.78 Å². The lowest BCUT2D eigenvalue weighted by Gasteiger charge is -2.14. The number of nitrogens with one attached hydrogen (secondary N) is 1. The first-order valence-corrected chi connectivity index (χ1v) is 5.97. The maximum absolute atomic E-state index is 13.4. The summed E-state index contributed by atoms with van der Waals surface area (Å²) in [6, 6.07) is 1.19. The molecule has 0 spiro atoms. The summed E-state index contributed by atoms with van der Waals surface area (Å²) >= 11 is 0. The molecule has 0 heterocycles. The number of benzene rings is 1. The second-order valence-electron chi connectivity index (χ2n) is 4.64. The summed E-state index contributed by atoms with van der Waals surface area (Å²) in [5, 5.41) is 21.2. The summed E-state index contributed by atoms with van der Waals surface area (Å²) in [5.41, 5.74) is -0.597. The van der Waals surface area contributed by atoms with Gasteiger partial charge in [0.25, 0.3) is 5.91 Å². The molecule has 0 aromatic heterocycles. The Morgan fingerprint density at radius 1 is 1.37 bits per heavy atom. The van der Waals surface area contributed by atoms with Crippen LogP contribution in [-0.4, -0.2) is 28.8 Å². The van der Waals surface area contributed by atoms with Gasteiger partial charge in [0.05, 0.1) is 6.10 Å². The van der Waals surface area contributed by atoms with Crippen LogP contribution in [0.15, 0.2) is 12.1 Å². The summed E-state index contributed by atoms with van der Waals surface area (Å²) < 4.78 is 26.1. The molecular weight excluding hydrogens is 256 g/mol. The van der Waals surface area contributed by atoms with E-state index in [2.05, 4.69) is 5.32 Å². The number of aromatic hydroxyl groups is 1. The summed E-state index contributed by atoms with van der Waals surface area (Å²) in [5.74, 6) is -3.63. The Balaban J connectivity index is 2.64. The zero-order valence-corrected chi connectivity index (χ0v) is 10.8. The van der Waals surface area contributed by atoms with Crippen molar-refractivity contribution in [2.75, 3.05) is 6.54 Å². The van der Waals surface area contributed by atoms with E-state index in [1.54, 1.807) is 0 Å². The Bertz CT molecular complexity index is 440. The molecule has 0 radical (unpaired) electrons. The molecule has 0 saturated heterocycles. The van der Waals surface area contributed by atoms with Crippen LogP contribution in [0.5, 0.6) is 5.75 Å². The minimum Gasteiger partial charge on any atom is -0.507 e. The van der Waals surface area contributed by atoms with Gasteiger partial charge in [-0.2, -0.15) is 0 Å². The quantitative estimate of drug-likeness (QED) is 0.766. The maximum Gasteiger partial charge on any atom is 0.258 e. The second-order valence-corrected chi connectivity index (χ2v) is 4.64. The van der Waals surface area contributed by atoms with E-state index < -0.39 is 35.0 Å². The largest absolute Gasteiger partial charge is 0.507 e. The molecule has 106 valence electrons. The van der Waals surface area contributed by atoms with Gasteiger partial charge in [0, 0.05) is 18.7 Å². The summed E-state index contributed by atoms with van der Waals surface area (Å²) in [6.45, 7) is 3.80. The first-order chi connectivity index (χ1) is 8.82. The van der Waals surface area contributed by atoms with Crippen molar-refractivity contribution >= 4 is 5.91 Å². The number of hydrogen-bond donors (Lipinski definition) is 3. The van der Waals surface area contributed by atoms with Gasteiger partial charge in [-0.25, -0.2) is 8.78 Å². The van der Waals surface area contributed by atoms with Crippen molar-refractivity contribution in [2.24, 2.45) is 5.92 Å². The van der Waals surface area contributed by atoms with Crippen LogP contribution in [-0.2, 0) is 0 Å². The highest BCUT2D eigenvalue weighted by atomic mass is 19.1. The van der Waals surface area contributed by atoms with E-state index in [0.717, 1.165) is 0 Å². The van der Waals surface area contributed by atoms with E-state index >= 15 is 0 Å². The third kappa shape index (κ3) is 4.17. The number of rotatable bonds is 5. The standard InChI is InChI=1S/C13H17F2NO3/c1-7(2)10(17)3-4-16-13(19)12-9(15)5-8(14)6-11(12)18/h5-7,10,17-18H,3-4H2,1-2H3,(H,16,19). The van der Waals surface area contributed by atoms with E-state index in [0.29, 0.717) is 18.6 Å². The fourth-order valence-corrected chi connectivity index (χ4v) is 1.54. The predicted octanol–water partition coefficient (Wildman–Crippen LogP) is 1.81. The molecule has 0 aliphatic rings. The Morgan fingerprint density at radius 2 is 2.00 bits per heavy atom. The van der Waals surface area contributed by atoms with E-state index in [9.17, 15) is 23.8 Å². The number of phenolic OH excluding ortho intramolecular Hbond substituents is 1. The number of carbonyl (C=O) groups is 1. The van der Waals surface area contributed by atoms with Crippen LogP contribution >= 0.6 is 0 Å². The highest BCUT2D eigenvalue weighted by molar-refractivity contribution is 5.97. The third-order valence-corrected chi connectivity index (χ3v) is 2.76. The van der Waals surface area contributed by atoms with Crippen molar-refractivity contribution in [1.82, 2.24) is 5.32 Å². The number of aliphatic hydroxyl groups excluding tert-OH is 1. The fraction of sp³-hybridized carbons (Fsp3) is 0.462. The number of phenols is 1. The number of halogens is 2. The number of carbonyl (C=O) groups excluding carboxylic acids is 1. The van der Waals surface area contributed by atoms with Crippen molar-refractivity contribution in [3.8, 4) is 5.75 Å². The van der Waals surface area contributed by atoms with E-state index in [1.165, 1.54) is 0 Å². The van der Waals surface area contributed by atoms with Crippen molar-refractivity contribution in [3.63, 3.8) is 0 Å². The Labute approximate surface area is 110 Å². The molecule has 0 aliphatic heterocycles. The topological polar surface area (TPSA) is 69.6 Å². The van der Waals surface area contributed by atoms with Gasteiger partial charge >= 0.3 is 0 Å². The molecule has 0 saturated carbocycles. The van der Waals surface area contributed by atoms with Crippen LogP contribution in [0.1, 0.15) is 30.6 Å². The summed E-state index contributed by atoms with van der Waals surface area (Å²) in [7, 11) is 0. The van der Waals surface area contributed by atoms with Gasteiger partial charge in [0.1, 0.15) is 22.9 Å². The molecule has 1 aromatic carbocycles. The van der Waals surface area contributed by atoms with Gasteiger partial charge in [0.15, 0.2) is 0 Å². The van der Waals surface area contributed by atoms with E-state index in [4.69, 9.17) is 0 Å². The highest BCUT2D eigenvalue weighted by Gasteiger charge is 2.18. The molecule has 1 aromatic rings. The van der Waals surface area contributed by atoms with Crippen molar-refractivity contribution in [3.05, 3.63) is 29.3 Å². The van der Waals surface area contributed by atoms with Gasteiger partial charge < -0.3 is 15.5 Å². The van der Waals surface area contributed by atoms with Crippen LogP contribution in [0.2, 0.25) is 0 Å². The minimum absolute atomic E-state index is 0.0489. The smallest absolute Gasteiger partial charge is 0.258 e. The molecule has 3 N–H and O–H groups in total. The highest BCUT2D eigenvalue weighted by Crippen LogP contribution is 2.21. The monoisotopic (exact) mass is 273 g/mol. The van der Waals surface area contributed by atoms with Crippen LogP contribution < -0.4 is 5.32 Å². The predicted molar refractivity (Wildman–Crippen MR) is 65.8 cm³/mol. The molecule has 4 nitrogen and oxygen atoms in total. The van der Waals surface area contributed by atoms with E-state index in [-0.39, 0.29) is 12.5 Å². The van der Waals surface area contributed by atoms with Crippen LogP contribution in [0.25, 0.3) is 0 Å². The van der Waals surface area contributed by atoms with Gasteiger partial charge in [-0.1, -0.05) is 13.8 Å². The normalized spacial score (nSPS) is 12.5. The molecular formula is C13H17F2NO3. The molecule has 0 fully saturated rings. The lowest BCUT2D eigenvalue weighted by molar-refractivity contribution is 0.0914. The number of hydrogen-bond acceptors (Lipinski definition) is 3. The SMILES string of the molecule is CC(C)C(O)CCNC(=O)c1c(O)cc(F)cc1F. The van der Waals surface area contributed by atoms with Crippen LogP contribution in [0.3, 0.4) is 0 Å².